The number of nitrogens with one attached hydrogen (secondary N) is 1. The van der Waals surface area contributed by atoms with E-state index >= 15 is 0 Å². The largest absolute Gasteiger partial charge is 0.296 e. The topological polar surface area (TPSA) is 120 Å². The summed E-state index contributed by atoms with van der Waals surface area (Å²) in [5.74, 6) is -0.365. The molecule has 3 rings (SSSR count). The molecule has 0 aliphatic carbocycles. The molecular formula is C14H15N5O3S2. The Labute approximate surface area is 142 Å². The minimum absolute atomic E-state index is 0.00819. The van der Waals surface area contributed by atoms with Crippen molar-refractivity contribution in [2.24, 2.45) is 5.14 Å². The first-order valence-corrected chi connectivity index (χ1v) is 9.43. The molecule has 0 saturated carbocycles. The molecule has 1 amide bonds. The molecule has 0 atom stereocenters. The molecule has 0 bridgehead atoms. The number of aryl methyl sites for hydroxylation is 2. The van der Waals surface area contributed by atoms with E-state index in [0.29, 0.717) is 27.6 Å². The molecule has 2 heterocycles. The van der Waals surface area contributed by atoms with Gasteiger partial charge in [0.1, 0.15) is 0 Å². The lowest BCUT2D eigenvalue weighted by Gasteiger charge is -1.98. The lowest BCUT2D eigenvalue weighted by Crippen LogP contribution is -2.13. The summed E-state index contributed by atoms with van der Waals surface area (Å²) in [7, 11) is -3.78. The van der Waals surface area contributed by atoms with Gasteiger partial charge >= 0.3 is 0 Å². The van der Waals surface area contributed by atoms with Crippen molar-refractivity contribution in [1.82, 2.24) is 14.8 Å². The van der Waals surface area contributed by atoms with Crippen molar-refractivity contribution in [2.75, 3.05) is 5.32 Å². The van der Waals surface area contributed by atoms with Crippen LogP contribution in [0.3, 0.4) is 0 Å². The fourth-order valence-electron chi connectivity index (χ4n) is 2.24. The quantitative estimate of drug-likeness (QED) is 0.729. The van der Waals surface area contributed by atoms with Gasteiger partial charge in [0.15, 0.2) is 10.8 Å². The van der Waals surface area contributed by atoms with Gasteiger partial charge in [-0.3, -0.25) is 14.8 Å². The molecule has 1 aromatic carbocycles. The summed E-state index contributed by atoms with van der Waals surface area (Å²) in [6, 6.07) is 6.08. The summed E-state index contributed by atoms with van der Waals surface area (Å²) in [5.41, 5.74) is 1.78. The van der Waals surface area contributed by atoms with Gasteiger partial charge < -0.3 is 0 Å². The molecule has 10 heteroatoms. The van der Waals surface area contributed by atoms with Crippen LogP contribution in [0.4, 0.5) is 5.13 Å². The van der Waals surface area contributed by atoms with Gasteiger partial charge in [0.2, 0.25) is 10.0 Å². The number of amides is 1. The van der Waals surface area contributed by atoms with Crippen LogP contribution in [0.15, 0.2) is 29.2 Å². The number of sulfonamides is 1. The van der Waals surface area contributed by atoms with Crippen LogP contribution in [0.2, 0.25) is 0 Å². The molecule has 24 heavy (non-hydrogen) atoms. The third-order valence-electron chi connectivity index (χ3n) is 3.42. The monoisotopic (exact) mass is 365 g/mol. The normalized spacial score (nSPS) is 11.8. The number of nitrogens with zero attached hydrogens (tertiary/aromatic N) is 3. The Morgan fingerprint density at radius 3 is 2.75 bits per heavy atom. The van der Waals surface area contributed by atoms with E-state index in [1.54, 1.807) is 16.8 Å². The van der Waals surface area contributed by atoms with E-state index in [-0.39, 0.29) is 10.8 Å². The van der Waals surface area contributed by atoms with Crippen molar-refractivity contribution < 1.29 is 13.2 Å². The predicted molar refractivity (Wildman–Crippen MR) is 91.6 cm³/mol. The third kappa shape index (κ3) is 3.16. The molecule has 0 aliphatic heterocycles. The summed E-state index contributed by atoms with van der Waals surface area (Å²) in [6.07, 6.45) is 0. The molecule has 3 aromatic rings. The maximum Gasteiger partial charge on any atom is 0.277 e. The van der Waals surface area contributed by atoms with Crippen LogP contribution in [0.5, 0.6) is 0 Å². The smallest absolute Gasteiger partial charge is 0.277 e. The Bertz CT molecular complexity index is 1040. The van der Waals surface area contributed by atoms with Gasteiger partial charge in [0.25, 0.3) is 5.91 Å². The van der Waals surface area contributed by atoms with E-state index in [2.05, 4.69) is 15.4 Å². The first kappa shape index (κ1) is 16.6. The highest BCUT2D eigenvalue weighted by atomic mass is 32.2. The van der Waals surface area contributed by atoms with Gasteiger partial charge in [-0.05, 0) is 38.1 Å². The lowest BCUT2D eigenvalue weighted by molar-refractivity contribution is 0.102. The number of benzene rings is 1. The minimum Gasteiger partial charge on any atom is -0.296 e. The third-order valence-corrected chi connectivity index (χ3v) is 5.27. The van der Waals surface area contributed by atoms with Crippen LogP contribution >= 0.6 is 11.3 Å². The number of aromatic nitrogens is 3. The molecule has 8 nitrogen and oxygen atoms in total. The van der Waals surface area contributed by atoms with Gasteiger partial charge in [0.05, 0.1) is 15.1 Å². The maximum absolute atomic E-state index is 12.3. The Kier molecular flexibility index (Phi) is 4.11. The van der Waals surface area contributed by atoms with Crippen molar-refractivity contribution in [3.05, 3.63) is 35.7 Å². The fourth-order valence-corrected chi connectivity index (χ4v) is 3.75. The number of anilines is 1. The molecule has 126 valence electrons. The van der Waals surface area contributed by atoms with Crippen LogP contribution in [-0.2, 0) is 16.6 Å². The first-order chi connectivity index (χ1) is 11.3. The van der Waals surface area contributed by atoms with E-state index in [0.717, 1.165) is 5.69 Å². The highest BCUT2D eigenvalue weighted by molar-refractivity contribution is 7.89. The van der Waals surface area contributed by atoms with Crippen LogP contribution in [0.25, 0.3) is 10.2 Å². The zero-order valence-electron chi connectivity index (χ0n) is 13.0. The van der Waals surface area contributed by atoms with E-state index in [1.807, 2.05) is 13.8 Å². The van der Waals surface area contributed by atoms with Crippen molar-refractivity contribution in [1.29, 1.82) is 0 Å². The molecule has 0 saturated heterocycles. The maximum atomic E-state index is 12.3. The number of nitrogens with two attached hydrogens (primary N) is 1. The van der Waals surface area contributed by atoms with Crippen LogP contribution in [-0.4, -0.2) is 29.1 Å². The molecule has 0 radical (unpaired) electrons. The van der Waals surface area contributed by atoms with Crippen LogP contribution < -0.4 is 10.5 Å². The fraction of sp³-hybridized carbons (Fsp3) is 0.214. The Hall–Kier alpha value is -2.30. The zero-order chi connectivity index (χ0) is 17.5. The highest BCUT2D eigenvalue weighted by Crippen LogP contribution is 2.28. The second-order valence-corrected chi connectivity index (χ2v) is 7.73. The Morgan fingerprint density at radius 2 is 2.12 bits per heavy atom. The van der Waals surface area contributed by atoms with Gasteiger partial charge in [-0.2, -0.15) is 5.10 Å². The second kappa shape index (κ2) is 5.96. The summed E-state index contributed by atoms with van der Waals surface area (Å²) in [4.78, 5) is 16.5. The van der Waals surface area contributed by atoms with Crippen LogP contribution in [0, 0.1) is 6.92 Å². The molecule has 3 N–H and O–H groups in total. The van der Waals surface area contributed by atoms with E-state index < -0.39 is 10.0 Å². The molecule has 2 aromatic heterocycles. The van der Waals surface area contributed by atoms with E-state index in [4.69, 9.17) is 5.14 Å². The molecular weight excluding hydrogens is 350 g/mol. The standard InChI is InChI=1S/C14H15N5O3S2/c1-3-19-8(2)6-11(18-19)13(20)17-14-16-10-5-4-9(24(15,21)22)7-12(10)23-14/h4-7H,3H2,1-2H3,(H2,15,21,22)(H,16,17,20). The Balaban J connectivity index is 1.88. The number of carbonyl (C=O) groups excluding carboxylic acids is 1. The minimum atomic E-state index is -3.78. The number of thiazole rings is 1. The number of primary sulfonamides is 1. The second-order valence-electron chi connectivity index (χ2n) is 5.13. The average molecular weight is 365 g/mol. The number of fused-ring (bicyclic) bond motifs is 1. The van der Waals surface area contributed by atoms with Gasteiger partial charge in [-0.1, -0.05) is 11.3 Å². The molecule has 0 fully saturated rings. The Morgan fingerprint density at radius 1 is 1.38 bits per heavy atom. The molecule has 0 aliphatic rings. The van der Waals surface area contributed by atoms with E-state index in [9.17, 15) is 13.2 Å². The number of hydrogen-bond donors (Lipinski definition) is 2. The summed E-state index contributed by atoms with van der Waals surface area (Å²) in [6.45, 7) is 4.49. The first-order valence-electron chi connectivity index (χ1n) is 7.07. The van der Waals surface area contributed by atoms with Crippen molar-refractivity contribution in [3.63, 3.8) is 0 Å². The van der Waals surface area contributed by atoms with E-state index in [1.165, 1.54) is 23.5 Å². The van der Waals surface area contributed by atoms with Crippen LogP contribution in [0.1, 0.15) is 23.1 Å². The number of rotatable bonds is 4. The van der Waals surface area contributed by atoms with Crippen molar-refractivity contribution >= 4 is 42.6 Å². The molecule has 0 unspecified atom stereocenters. The van der Waals surface area contributed by atoms with Crippen molar-refractivity contribution in [2.45, 2.75) is 25.3 Å². The lowest BCUT2D eigenvalue weighted by atomic mass is 10.3. The predicted octanol–water partition coefficient (Wildman–Crippen LogP) is 1.72. The number of carbonyl (C=O) groups is 1. The zero-order valence-corrected chi connectivity index (χ0v) is 14.6. The van der Waals surface area contributed by atoms with Gasteiger partial charge in [-0.15, -0.1) is 0 Å². The number of hydrogen-bond acceptors (Lipinski definition) is 6. The average Bonchev–Trinajstić information content (AvgIpc) is 3.07. The van der Waals surface area contributed by atoms with Gasteiger partial charge in [0, 0.05) is 12.2 Å². The molecule has 0 spiro atoms. The summed E-state index contributed by atoms with van der Waals surface area (Å²) in [5, 5.41) is 12.4. The summed E-state index contributed by atoms with van der Waals surface area (Å²) < 4.78 is 25.1. The van der Waals surface area contributed by atoms with Crippen molar-refractivity contribution in [3.8, 4) is 0 Å². The van der Waals surface area contributed by atoms with Gasteiger partial charge in [-0.25, -0.2) is 18.5 Å². The SMILES string of the molecule is CCn1nc(C(=O)Nc2nc3ccc(S(N)(=O)=O)cc3s2)cc1C. The highest BCUT2D eigenvalue weighted by Gasteiger charge is 2.15. The summed E-state index contributed by atoms with van der Waals surface area (Å²) >= 11 is 1.17.